The molecule has 3 rings (SSSR count). The lowest BCUT2D eigenvalue weighted by Gasteiger charge is -2.49. The Morgan fingerprint density at radius 2 is 0.677 bits per heavy atom. The third-order valence-corrected chi connectivity index (χ3v) is 11.5. The molecule has 0 heterocycles. The van der Waals surface area contributed by atoms with E-state index in [4.69, 9.17) is 0 Å². The van der Waals surface area contributed by atoms with E-state index in [0.29, 0.717) is 17.0 Å². The first kappa shape index (κ1) is 52.8. The molecular weight excluding hydrogens is 884 g/mol. The predicted molar refractivity (Wildman–Crippen MR) is 202 cm³/mol. The van der Waals surface area contributed by atoms with Crippen LogP contribution in [0.15, 0.2) is 89.8 Å². The molecule has 0 amide bonds. The van der Waals surface area contributed by atoms with Crippen LogP contribution in [0, 0.1) is 0 Å². The monoisotopic (exact) mass is 931 g/mol. The topological polar surface area (TPSA) is 57.6 Å². The Bertz CT molecular complexity index is 1930. The van der Waals surface area contributed by atoms with Crippen LogP contribution in [0.1, 0.15) is 115 Å². The second-order valence-corrected chi connectivity index (χ2v) is 18.3. The summed E-state index contributed by atoms with van der Waals surface area (Å²) in [6.45, 7) is 0.677. The Hall–Kier alpha value is -3.52. The third kappa shape index (κ3) is 13.7. The minimum absolute atomic E-state index is 0.0376. The fourth-order valence-electron chi connectivity index (χ4n) is 7.31. The highest BCUT2D eigenvalue weighted by Gasteiger charge is 2.61. The van der Waals surface area contributed by atoms with Gasteiger partial charge in [-0.15, -0.1) is 0 Å². The Labute approximate surface area is 350 Å². The number of benzene rings is 3. The van der Waals surface area contributed by atoms with Crippen LogP contribution in [0.25, 0.3) is 0 Å². The zero-order valence-electron chi connectivity index (χ0n) is 34.3. The van der Waals surface area contributed by atoms with Crippen LogP contribution >= 0.6 is 0 Å². The Balaban J connectivity index is 2.63. The van der Waals surface area contributed by atoms with Crippen molar-refractivity contribution in [2.45, 2.75) is 156 Å². The SMILES string of the molecule is CC(F)(F)CC(F)(F)C(C)(F)CC(c1ccccc1)N(C(CC(C)(F)C(F)(F)CC(C)(F)F)c1ccccc1)C(CC(C)(F)C(F)(F)CC(C)(F)F)c1ccc(S(=O)(=O)O)cc1. The minimum atomic E-state index is -5.05. The molecule has 0 aliphatic heterocycles. The van der Waals surface area contributed by atoms with E-state index in [-0.39, 0.29) is 52.7 Å². The summed E-state index contributed by atoms with van der Waals surface area (Å²) in [7, 11) is -5.05. The zero-order valence-corrected chi connectivity index (χ0v) is 35.2. The molecule has 0 saturated heterocycles. The summed E-state index contributed by atoms with van der Waals surface area (Å²) in [6.07, 6.45) is -12.4. The highest BCUT2D eigenvalue weighted by Crippen LogP contribution is 2.55. The van der Waals surface area contributed by atoms with Crippen molar-refractivity contribution in [1.29, 1.82) is 0 Å². The van der Waals surface area contributed by atoms with E-state index >= 15 is 39.5 Å². The molecule has 0 saturated carbocycles. The standard InChI is InChI=1S/C42H48F15NO3S/c1-34(43,40(52,53)24-37(4,46)47)21-31(27-13-9-7-10-14-27)58(32(28-15-11-8-12-16-28)22-35(2,44)41(54,55)25-38(5,48)49)33(29-17-19-30(20-18-29)62(59,60)61)23-36(3,45)42(56,57)26-39(6,50)51/h7-20,31-33H,21-26H2,1-6H3,(H,59,60,61). The highest BCUT2D eigenvalue weighted by atomic mass is 32.2. The normalized spacial score (nSPS) is 18.4. The molecule has 1 N–H and O–H groups in total. The first-order chi connectivity index (χ1) is 27.7. The molecule has 0 fully saturated rings. The van der Waals surface area contributed by atoms with Crippen molar-refractivity contribution in [1.82, 2.24) is 4.90 Å². The maximum Gasteiger partial charge on any atom is 0.294 e. The maximum absolute atomic E-state index is 16.9. The molecule has 0 aliphatic carbocycles. The molecule has 3 aromatic carbocycles. The molecule has 6 unspecified atom stereocenters. The van der Waals surface area contributed by atoms with E-state index < -0.39 is 130 Å². The van der Waals surface area contributed by atoms with Crippen molar-refractivity contribution in [3.8, 4) is 0 Å². The van der Waals surface area contributed by atoms with Crippen molar-refractivity contribution in [3.63, 3.8) is 0 Å². The molecule has 0 spiro atoms. The summed E-state index contributed by atoms with van der Waals surface area (Å²) < 4.78 is 264. The molecule has 0 aromatic heterocycles. The van der Waals surface area contributed by atoms with Gasteiger partial charge in [0.1, 0.15) is 0 Å². The van der Waals surface area contributed by atoms with Gasteiger partial charge in [0, 0.05) is 37.4 Å². The van der Waals surface area contributed by atoms with Gasteiger partial charge >= 0.3 is 0 Å². The van der Waals surface area contributed by atoms with Crippen LogP contribution in [0.3, 0.4) is 0 Å². The van der Waals surface area contributed by atoms with Crippen molar-refractivity contribution in [2.75, 3.05) is 0 Å². The van der Waals surface area contributed by atoms with E-state index in [0.717, 1.165) is 36.4 Å². The van der Waals surface area contributed by atoms with E-state index in [1.165, 1.54) is 36.4 Å². The molecule has 0 aliphatic rings. The summed E-state index contributed by atoms with van der Waals surface area (Å²) in [6, 6.07) is 7.89. The van der Waals surface area contributed by atoms with Gasteiger partial charge in [-0.05, 0) is 70.4 Å². The number of nitrogens with zero attached hydrogens (tertiary/aromatic N) is 1. The van der Waals surface area contributed by atoms with Crippen molar-refractivity contribution >= 4 is 10.1 Å². The van der Waals surface area contributed by atoms with Crippen LogP contribution in [0.4, 0.5) is 65.9 Å². The van der Waals surface area contributed by atoms with E-state index in [2.05, 4.69) is 0 Å². The summed E-state index contributed by atoms with van der Waals surface area (Å²) in [5.74, 6) is -27.7. The minimum Gasteiger partial charge on any atom is -0.282 e. The van der Waals surface area contributed by atoms with Gasteiger partial charge in [-0.3, -0.25) is 9.45 Å². The number of hydrogen-bond acceptors (Lipinski definition) is 3. The smallest absolute Gasteiger partial charge is 0.282 e. The van der Waals surface area contributed by atoms with Gasteiger partial charge in [0.2, 0.25) is 0 Å². The Morgan fingerprint density at radius 1 is 0.435 bits per heavy atom. The predicted octanol–water partition coefficient (Wildman–Crippen LogP) is 14.2. The largest absolute Gasteiger partial charge is 0.294 e. The lowest BCUT2D eigenvalue weighted by Crippen LogP contribution is -2.52. The molecular formula is C42H48F15NO3S. The van der Waals surface area contributed by atoms with Crippen LogP contribution < -0.4 is 0 Å². The van der Waals surface area contributed by atoms with Gasteiger partial charge < -0.3 is 0 Å². The van der Waals surface area contributed by atoms with E-state index in [1.54, 1.807) is 0 Å². The summed E-state index contributed by atoms with van der Waals surface area (Å²) in [5, 5.41) is 0. The van der Waals surface area contributed by atoms with E-state index in [9.17, 15) is 39.3 Å². The molecule has 350 valence electrons. The van der Waals surface area contributed by atoms with Gasteiger partial charge in [0.25, 0.3) is 45.7 Å². The van der Waals surface area contributed by atoms with Crippen molar-refractivity contribution in [3.05, 3.63) is 102 Å². The molecule has 0 radical (unpaired) electrons. The van der Waals surface area contributed by atoms with Gasteiger partial charge in [0.15, 0.2) is 17.0 Å². The van der Waals surface area contributed by atoms with Crippen molar-refractivity contribution < 1.29 is 78.8 Å². The van der Waals surface area contributed by atoms with E-state index in [1.807, 2.05) is 0 Å². The molecule has 4 nitrogen and oxygen atoms in total. The molecule has 20 heteroatoms. The highest BCUT2D eigenvalue weighted by molar-refractivity contribution is 7.85. The number of rotatable bonds is 22. The summed E-state index contributed by atoms with van der Waals surface area (Å²) >= 11 is 0. The number of hydrogen-bond donors (Lipinski definition) is 1. The first-order valence-electron chi connectivity index (χ1n) is 19.0. The second-order valence-electron chi connectivity index (χ2n) is 16.9. The summed E-state index contributed by atoms with van der Waals surface area (Å²) in [5.41, 5.74) is -13.5. The fourth-order valence-corrected chi connectivity index (χ4v) is 7.79. The molecule has 0 bridgehead atoms. The van der Waals surface area contributed by atoms with Crippen molar-refractivity contribution in [2.24, 2.45) is 0 Å². The van der Waals surface area contributed by atoms with Gasteiger partial charge in [-0.1, -0.05) is 72.8 Å². The van der Waals surface area contributed by atoms with Gasteiger partial charge in [-0.2, -0.15) is 8.42 Å². The van der Waals surface area contributed by atoms with Gasteiger partial charge in [0.05, 0.1) is 24.2 Å². The quantitative estimate of drug-likeness (QED) is 0.0806. The number of alkyl halides is 15. The lowest BCUT2D eigenvalue weighted by atomic mass is 9.78. The fraction of sp³-hybridized carbons (Fsp3) is 0.571. The average Bonchev–Trinajstić information content (AvgIpc) is 3.07. The second kappa shape index (κ2) is 18.2. The van der Waals surface area contributed by atoms with Crippen LogP contribution in [0.2, 0.25) is 0 Å². The van der Waals surface area contributed by atoms with Crippen LogP contribution in [-0.4, -0.2) is 70.4 Å². The third-order valence-electron chi connectivity index (χ3n) is 10.6. The van der Waals surface area contributed by atoms with Crippen LogP contribution in [0.5, 0.6) is 0 Å². The first-order valence-corrected chi connectivity index (χ1v) is 20.4. The zero-order chi connectivity index (χ0) is 47.8. The van der Waals surface area contributed by atoms with Crippen LogP contribution in [-0.2, 0) is 10.1 Å². The number of halogens is 15. The maximum atomic E-state index is 16.9. The average molecular weight is 932 g/mol. The summed E-state index contributed by atoms with van der Waals surface area (Å²) in [4.78, 5) is -0.251. The Kier molecular flexibility index (Phi) is 15.5. The molecule has 6 atom stereocenters. The lowest BCUT2D eigenvalue weighted by molar-refractivity contribution is -0.198. The molecule has 62 heavy (non-hydrogen) atoms. The molecule has 3 aromatic rings. The Morgan fingerprint density at radius 3 is 0.903 bits per heavy atom. The van der Waals surface area contributed by atoms with Gasteiger partial charge in [-0.25, -0.2) is 65.9 Å².